The van der Waals surface area contributed by atoms with Gasteiger partial charge in [-0.1, -0.05) is 34.8 Å². The van der Waals surface area contributed by atoms with Crippen molar-refractivity contribution in [3.63, 3.8) is 0 Å². The van der Waals surface area contributed by atoms with E-state index in [1.165, 1.54) is 0 Å². The summed E-state index contributed by atoms with van der Waals surface area (Å²) in [4.78, 5) is 10.3. The van der Waals surface area contributed by atoms with Crippen molar-refractivity contribution in [2.75, 3.05) is 0 Å². The lowest BCUT2D eigenvalue weighted by molar-refractivity contribution is 0.101. The molecule has 1 aromatic rings. The molecule has 0 aliphatic rings. The molecule has 4 heteroatoms. The first kappa shape index (κ1) is 10.8. The number of hydrogen-bond donors (Lipinski definition) is 0. The molecule has 0 N–H and O–H groups in total. The Morgan fingerprint density at radius 2 is 2.00 bits per heavy atom. The van der Waals surface area contributed by atoms with Gasteiger partial charge in [0.05, 0.1) is 0 Å². The van der Waals surface area contributed by atoms with Crippen molar-refractivity contribution in [2.24, 2.45) is 0 Å². The van der Waals surface area contributed by atoms with Crippen LogP contribution in [0.3, 0.4) is 0 Å². The highest BCUT2D eigenvalue weighted by atomic mass is 35.5. The molecule has 1 rings (SSSR count). The second-order valence-corrected chi connectivity index (χ2v) is 4.13. The van der Waals surface area contributed by atoms with Crippen LogP contribution < -0.4 is 0 Å². The van der Waals surface area contributed by atoms with E-state index in [9.17, 15) is 4.79 Å². The Balaban J connectivity index is 3.04. The fourth-order valence-electron chi connectivity index (χ4n) is 0.924. The van der Waals surface area contributed by atoms with Crippen molar-refractivity contribution in [2.45, 2.75) is 11.8 Å². The van der Waals surface area contributed by atoms with Gasteiger partial charge < -0.3 is 0 Å². The molecule has 0 aromatic heterocycles. The van der Waals surface area contributed by atoms with Crippen molar-refractivity contribution in [1.82, 2.24) is 0 Å². The van der Waals surface area contributed by atoms with Crippen LogP contribution in [0.15, 0.2) is 18.2 Å². The molecule has 0 saturated heterocycles. The highest BCUT2D eigenvalue weighted by Crippen LogP contribution is 2.19. The number of carbonyl (C=O) groups is 1. The standard InChI is InChI=1S/C9H7Cl3O/c1-5-4-6(2-3-7(5)10)8(13)9(11)12/h2-4,9H,1H3. The third-order valence-electron chi connectivity index (χ3n) is 1.64. The molecule has 0 fully saturated rings. The Bertz CT molecular complexity index is 334. The predicted molar refractivity (Wildman–Crippen MR) is 56.0 cm³/mol. The normalized spacial score (nSPS) is 10.5. The number of halogens is 3. The Labute approximate surface area is 91.6 Å². The van der Waals surface area contributed by atoms with Crippen molar-refractivity contribution in [3.05, 3.63) is 34.3 Å². The summed E-state index contributed by atoms with van der Waals surface area (Å²) >= 11 is 16.7. The number of alkyl halides is 2. The van der Waals surface area contributed by atoms with E-state index in [1.54, 1.807) is 18.2 Å². The van der Waals surface area contributed by atoms with Crippen molar-refractivity contribution >= 4 is 40.6 Å². The van der Waals surface area contributed by atoms with Gasteiger partial charge in [-0.25, -0.2) is 0 Å². The molecule has 0 amide bonds. The molecule has 70 valence electrons. The lowest BCUT2D eigenvalue weighted by atomic mass is 10.1. The summed E-state index contributed by atoms with van der Waals surface area (Å²) in [6.07, 6.45) is 0. The number of carbonyl (C=O) groups excluding carboxylic acids is 1. The van der Waals surface area contributed by atoms with E-state index in [4.69, 9.17) is 34.8 Å². The third-order valence-corrected chi connectivity index (χ3v) is 2.46. The van der Waals surface area contributed by atoms with Gasteiger partial charge in [0.1, 0.15) is 0 Å². The van der Waals surface area contributed by atoms with Gasteiger partial charge in [-0.2, -0.15) is 0 Å². The van der Waals surface area contributed by atoms with Crippen LogP contribution >= 0.6 is 34.8 Å². The van der Waals surface area contributed by atoms with E-state index in [2.05, 4.69) is 0 Å². The second-order valence-electron chi connectivity index (χ2n) is 2.63. The molecule has 0 unspecified atom stereocenters. The number of Topliss-reactive ketones (excluding diaryl/α,β-unsaturated/α-hetero) is 1. The third kappa shape index (κ3) is 2.60. The summed E-state index contributed by atoms with van der Waals surface area (Å²) in [5.74, 6) is -0.303. The van der Waals surface area contributed by atoms with Crippen LogP contribution in [0.2, 0.25) is 5.02 Å². The van der Waals surface area contributed by atoms with Crippen LogP contribution in [0.1, 0.15) is 15.9 Å². The van der Waals surface area contributed by atoms with Crippen LogP contribution in [0.25, 0.3) is 0 Å². The maximum absolute atomic E-state index is 11.3. The molecule has 0 radical (unpaired) electrons. The maximum atomic E-state index is 11.3. The van der Waals surface area contributed by atoms with Crippen LogP contribution in [0, 0.1) is 6.92 Å². The zero-order chi connectivity index (χ0) is 10.0. The van der Waals surface area contributed by atoms with E-state index in [0.717, 1.165) is 5.56 Å². The van der Waals surface area contributed by atoms with E-state index in [-0.39, 0.29) is 5.78 Å². The molecule has 0 heterocycles. The molecule has 0 saturated carbocycles. The quantitative estimate of drug-likeness (QED) is 0.567. The van der Waals surface area contributed by atoms with Crippen molar-refractivity contribution < 1.29 is 4.79 Å². The molecule has 1 nitrogen and oxygen atoms in total. The molecule has 1 aromatic carbocycles. The fourth-order valence-corrected chi connectivity index (χ4v) is 1.29. The number of benzene rings is 1. The van der Waals surface area contributed by atoms with Gasteiger partial charge in [-0.05, 0) is 30.7 Å². The second kappa shape index (κ2) is 4.32. The van der Waals surface area contributed by atoms with Crippen molar-refractivity contribution in [1.29, 1.82) is 0 Å². The van der Waals surface area contributed by atoms with Gasteiger partial charge >= 0.3 is 0 Å². The summed E-state index contributed by atoms with van der Waals surface area (Å²) in [6.45, 7) is 1.82. The van der Waals surface area contributed by atoms with E-state index < -0.39 is 4.84 Å². The number of rotatable bonds is 2. The van der Waals surface area contributed by atoms with Crippen LogP contribution in [-0.4, -0.2) is 10.6 Å². The van der Waals surface area contributed by atoms with Crippen LogP contribution in [0.4, 0.5) is 0 Å². The SMILES string of the molecule is Cc1cc(C(=O)C(Cl)Cl)ccc1Cl. The first-order valence-corrected chi connectivity index (χ1v) is 4.86. The van der Waals surface area contributed by atoms with E-state index in [1.807, 2.05) is 6.92 Å². The lowest BCUT2D eigenvalue weighted by Gasteiger charge is -2.03. The molecule has 0 aliphatic carbocycles. The summed E-state index contributed by atoms with van der Waals surface area (Å²) in [5.41, 5.74) is 1.32. The summed E-state index contributed by atoms with van der Waals surface area (Å²) in [7, 11) is 0. The zero-order valence-corrected chi connectivity index (χ0v) is 9.12. The topological polar surface area (TPSA) is 17.1 Å². The average Bonchev–Trinajstić information content (AvgIpc) is 2.08. The number of hydrogen-bond acceptors (Lipinski definition) is 1. The van der Waals surface area contributed by atoms with Gasteiger partial charge in [0.25, 0.3) is 0 Å². The molecule has 0 spiro atoms. The van der Waals surface area contributed by atoms with Gasteiger partial charge in [0.2, 0.25) is 0 Å². The van der Waals surface area contributed by atoms with Gasteiger partial charge in [-0.15, -0.1) is 0 Å². The average molecular weight is 238 g/mol. The predicted octanol–water partition coefficient (Wildman–Crippen LogP) is 3.63. The Kier molecular flexibility index (Phi) is 3.60. The minimum Gasteiger partial charge on any atom is -0.291 e. The highest BCUT2D eigenvalue weighted by molar-refractivity contribution is 6.55. The number of aryl methyl sites for hydroxylation is 1. The monoisotopic (exact) mass is 236 g/mol. The van der Waals surface area contributed by atoms with Crippen molar-refractivity contribution in [3.8, 4) is 0 Å². The molecular weight excluding hydrogens is 230 g/mol. The smallest absolute Gasteiger partial charge is 0.195 e. The zero-order valence-electron chi connectivity index (χ0n) is 6.85. The van der Waals surface area contributed by atoms with Crippen LogP contribution in [-0.2, 0) is 0 Å². The Morgan fingerprint density at radius 1 is 1.38 bits per heavy atom. The van der Waals surface area contributed by atoms with Gasteiger partial charge in [0, 0.05) is 10.6 Å². The molecule has 0 atom stereocenters. The molecular formula is C9H7Cl3O. The lowest BCUT2D eigenvalue weighted by Crippen LogP contribution is -2.07. The molecule has 13 heavy (non-hydrogen) atoms. The first-order valence-electron chi connectivity index (χ1n) is 3.61. The van der Waals surface area contributed by atoms with E-state index >= 15 is 0 Å². The summed E-state index contributed by atoms with van der Waals surface area (Å²) in [5, 5.41) is 0.622. The fraction of sp³-hybridized carbons (Fsp3) is 0.222. The maximum Gasteiger partial charge on any atom is 0.195 e. The minimum atomic E-state index is -1.01. The van der Waals surface area contributed by atoms with Gasteiger partial charge in [0.15, 0.2) is 10.6 Å². The molecule has 0 bridgehead atoms. The Hall–Kier alpha value is -0.240. The number of ketones is 1. The first-order chi connectivity index (χ1) is 6.02. The summed E-state index contributed by atoms with van der Waals surface area (Å²) in [6, 6.07) is 4.93. The largest absolute Gasteiger partial charge is 0.291 e. The minimum absolute atomic E-state index is 0.303. The summed E-state index contributed by atoms with van der Waals surface area (Å²) < 4.78 is 0. The van der Waals surface area contributed by atoms with E-state index in [0.29, 0.717) is 10.6 Å². The van der Waals surface area contributed by atoms with Crippen LogP contribution in [0.5, 0.6) is 0 Å². The van der Waals surface area contributed by atoms with Gasteiger partial charge in [-0.3, -0.25) is 4.79 Å². The Morgan fingerprint density at radius 3 is 2.46 bits per heavy atom. The molecule has 0 aliphatic heterocycles. The highest BCUT2D eigenvalue weighted by Gasteiger charge is 2.14.